The molecule has 1 unspecified atom stereocenters. The Morgan fingerprint density at radius 3 is 2.96 bits per heavy atom. The van der Waals surface area contributed by atoms with Gasteiger partial charge in [0.1, 0.15) is 11.9 Å². The number of nitrogens with one attached hydrogen (secondary N) is 1. The number of hydrogen-bond donors (Lipinski definition) is 1. The summed E-state index contributed by atoms with van der Waals surface area (Å²) in [5.74, 6) is 0.511. The lowest BCUT2D eigenvalue weighted by Gasteiger charge is -2.33. The number of hydrogen-bond acceptors (Lipinski definition) is 4. The molecule has 1 aromatic rings. The third-order valence-corrected chi connectivity index (χ3v) is 5.86. The van der Waals surface area contributed by atoms with Crippen LogP contribution in [0.15, 0.2) is 40.1 Å². The van der Waals surface area contributed by atoms with Crippen LogP contribution in [0.4, 0.5) is 4.39 Å². The van der Waals surface area contributed by atoms with E-state index in [2.05, 4.69) is 5.32 Å². The molecule has 1 aliphatic carbocycles. The molecule has 1 atom stereocenters. The van der Waals surface area contributed by atoms with Crippen molar-refractivity contribution < 1.29 is 9.18 Å². The van der Waals surface area contributed by atoms with Crippen LogP contribution >= 0.6 is 11.8 Å². The first-order valence-corrected chi connectivity index (χ1v) is 8.76. The molecule has 0 amide bonds. The van der Waals surface area contributed by atoms with Crippen molar-refractivity contribution in [3.05, 3.63) is 57.0 Å². The van der Waals surface area contributed by atoms with Gasteiger partial charge in [-0.1, -0.05) is 6.07 Å². The maximum Gasteiger partial charge on any atom is 0.161 e. The quantitative estimate of drug-likeness (QED) is 0.854. The molecular weight excluding hydrogens is 311 g/mol. The maximum atomic E-state index is 13.7. The van der Waals surface area contributed by atoms with Crippen molar-refractivity contribution in [2.24, 2.45) is 0 Å². The van der Waals surface area contributed by atoms with E-state index in [4.69, 9.17) is 5.26 Å². The summed E-state index contributed by atoms with van der Waals surface area (Å²) in [7, 11) is 0. The summed E-state index contributed by atoms with van der Waals surface area (Å²) >= 11 is 1.76. The van der Waals surface area contributed by atoms with Crippen molar-refractivity contribution in [1.29, 1.82) is 5.26 Å². The zero-order valence-electron chi connectivity index (χ0n) is 12.5. The second kappa shape index (κ2) is 5.54. The molecule has 4 rings (SSSR count). The number of halogens is 1. The van der Waals surface area contributed by atoms with Gasteiger partial charge >= 0.3 is 0 Å². The first kappa shape index (κ1) is 14.5. The number of nitriles is 1. The van der Waals surface area contributed by atoms with Gasteiger partial charge in [0.15, 0.2) is 5.78 Å². The predicted octanol–water partition coefficient (Wildman–Crippen LogP) is 3.74. The lowest BCUT2D eigenvalue weighted by Crippen LogP contribution is -2.30. The monoisotopic (exact) mass is 326 g/mol. The van der Waals surface area contributed by atoms with Crippen molar-refractivity contribution in [1.82, 2.24) is 5.32 Å². The summed E-state index contributed by atoms with van der Waals surface area (Å²) in [4.78, 5) is 13.7. The zero-order valence-corrected chi connectivity index (χ0v) is 13.3. The van der Waals surface area contributed by atoms with E-state index in [0.717, 1.165) is 46.8 Å². The molecule has 0 radical (unpaired) electrons. The minimum absolute atomic E-state index is 0.0385. The van der Waals surface area contributed by atoms with E-state index in [9.17, 15) is 9.18 Å². The molecule has 0 bridgehead atoms. The highest BCUT2D eigenvalue weighted by molar-refractivity contribution is 8.03. The number of carbonyl (C=O) groups is 1. The zero-order chi connectivity index (χ0) is 16.0. The van der Waals surface area contributed by atoms with Gasteiger partial charge in [-0.15, -0.1) is 11.8 Å². The molecular formula is C18H15FN2OS. The maximum absolute atomic E-state index is 13.7. The second-order valence-electron chi connectivity index (χ2n) is 6.02. The molecule has 2 aliphatic heterocycles. The molecule has 3 nitrogen and oxygen atoms in total. The van der Waals surface area contributed by atoms with E-state index in [1.54, 1.807) is 23.9 Å². The van der Waals surface area contributed by atoms with Crippen LogP contribution in [0, 0.1) is 17.1 Å². The highest BCUT2D eigenvalue weighted by Crippen LogP contribution is 2.50. The van der Waals surface area contributed by atoms with Gasteiger partial charge in [-0.25, -0.2) is 4.39 Å². The summed E-state index contributed by atoms with van der Waals surface area (Å²) in [5, 5.41) is 12.6. The van der Waals surface area contributed by atoms with Crippen LogP contribution in [0.25, 0.3) is 0 Å². The van der Waals surface area contributed by atoms with E-state index in [1.807, 2.05) is 6.07 Å². The SMILES string of the molecule is N#Cc1cc(C2C3=C(CCS3)NC3=C2C(=O)CCC3)ccc1F. The van der Waals surface area contributed by atoms with Gasteiger partial charge in [0.05, 0.1) is 5.56 Å². The van der Waals surface area contributed by atoms with E-state index < -0.39 is 5.82 Å². The molecule has 3 aliphatic rings. The Morgan fingerprint density at radius 1 is 1.26 bits per heavy atom. The summed E-state index contributed by atoms with van der Waals surface area (Å²) in [5.41, 5.74) is 3.91. The fraction of sp³-hybridized carbons (Fsp3) is 0.333. The number of ketones is 1. The number of nitrogens with zero attached hydrogens (tertiary/aromatic N) is 1. The van der Waals surface area contributed by atoms with Gasteiger partial charge in [0, 0.05) is 40.0 Å². The van der Waals surface area contributed by atoms with Crippen LogP contribution in [0.3, 0.4) is 0 Å². The van der Waals surface area contributed by atoms with E-state index in [-0.39, 0.29) is 17.3 Å². The lowest BCUT2D eigenvalue weighted by molar-refractivity contribution is -0.116. The smallest absolute Gasteiger partial charge is 0.161 e. The molecule has 116 valence electrons. The Bertz CT molecular complexity index is 819. The molecule has 0 spiro atoms. The normalized spacial score (nSPS) is 23.3. The Kier molecular flexibility index (Phi) is 3.50. The molecule has 0 saturated carbocycles. The van der Waals surface area contributed by atoms with Crippen molar-refractivity contribution in [3.8, 4) is 6.07 Å². The lowest BCUT2D eigenvalue weighted by atomic mass is 9.79. The minimum Gasteiger partial charge on any atom is -0.361 e. The van der Waals surface area contributed by atoms with Gasteiger partial charge in [-0.3, -0.25) is 4.79 Å². The van der Waals surface area contributed by atoms with Gasteiger partial charge in [-0.2, -0.15) is 5.26 Å². The van der Waals surface area contributed by atoms with Crippen LogP contribution in [0.5, 0.6) is 0 Å². The molecule has 1 aromatic carbocycles. The third kappa shape index (κ3) is 2.29. The number of Topliss-reactive ketones (excluding diaryl/α,β-unsaturated/α-hetero) is 1. The fourth-order valence-electron chi connectivity index (χ4n) is 3.62. The summed E-state index contributed by atoms with van der Waals surface area (Å²) < 4.78 is 13.7. The summed E-state index contributed by atoms with van der Waals surface area (Å²) in [6, 6.07) is 6.55. The first-order chi connectivity index (χ1) is 11.2. The van der Waals surface area contributed by atoms with Crippen LogP contribution < -0.4 is 5.32 Å². The Hall–Kier alpha value is -2.06. The first-order valence-electron chi connectivity index (χ1n) is 7.77. The molecule has 0 saturated heterocycles. The number of carbonyl (C=O) groups excluding carboxylic acids is 1. The third-order valence-electron chi connectivity index (χ3n) is 4.66. The Labute approximate surface area is 138 Å². The molecule has 1 N–H and O–H groups in total. The van der Waals surface area contributed by atoms with E-state index in [1.165, 1.54) is 11.8 Å². The topological polar surface area (TPSA) is 52.9 Å². The van der Waals surface area contributed by atoms with E-state index in [0.29, 0.717) is 6.42 Å². The predicted molar refractivity (Wildman–Crippen MR) is 87.0 cm³/mol. The second-order valence-corrected chi connectivity index (χ2v) is 7.16. The molecule has 2 heterocycles. The number of thioether (sulfide) groups is 1. The van der Waals surface area contributed by atoms with Crippen LogP contribution in [-0.2, 0) is 4.79 Å². The van der Waals surface area contributed by atoms with Gasteiger partial charge < -0.3 is 5.32 Å². The van der Waals surface area contributed by atoms with Gasteiger partial charge in [0.2, 0.25) is 0 Å². The molecule has 0 aromatic heterocycles. The minimum atomic E-state index is -0.511. The van der Waals surface area contributed by atoms with Gasteiger partial charge in [0.25, 0.3) is 0 Å². The summed E-state index contributed by atoms with van der Waals surface area (Å²) in [6.45, 7) is 0. The molecule has 0 fully saturated rings. The van der Waals surface area contributed by atoms with Crippen LogP contribution in [-0.4, -0.2) is 11.5 Å². The highest BCUT2D eigenvalue weighted by atomic mass is 32.2. The number of rotatable bonds is 1. The Balaban J connectivity index is 1.88. The standard InChI is InChI=1S/C18H15FN2OS/c19-12-5-4-10(8-11(12)9-20)16-17-13(2-1-3-15(17)22)21-14-6-7-23-18(14)16/h4-5,8,16,21H,1-3,6-7H2. The highest BCUT2D eigenvalue weighted by Gasteiger charge is 2.38. The van der Waals surface area contributed by atoms with Crippen LogP contribution in [0.2, 0.25) is 0 Å². The van der Waals surface area contributed by atoms with Crippen molar-refractivity contribution in [2.75, 3.05) is 5.75 Å². The largest absolute Gasteiger partial charge is 0.361 e. The van der Waals surface area contributed by atoms with Crippen molar-refractivity contribution >= 4 is 17.5 Å². The number of dihydropyridines is 1. The Morgan fingerprint density at radius 2 is 2.13 bits per heavy atom. The average molecular weight is 326 g/mol. The van der Waals surface area contributed by atoms with Crippen molar-refractivity contribution in [2.45, 2.75) is 31.6 Å². The number of allylic oxidation sites excluding steroid dienone is 4. The molecule has 23 heavy (non-hydrogen) atoms. The fourth-order valence-corrected chi connectivity index (χ4v) is 4.90. The molecule has 5 heteroatoms. The van der Waals surface area contributed by atoms with Crippen molar-refractivity contribution in [3.63, 3.8) is 0 Å². The average Bonchev–Trinajstić information content (AvgIpc) is 3.02. The van der Waals surface area contributed by atoms with E-state index >= 15 is 0 Å². The summed E-state index contributed by atoms with van der Waals surface area (Å²) in [6.07, 6.45) is 3.29. The number of benzene rings is 1. The van der Waals surface area contributed by atoms with Crippen LogP contribution in [0.1, 0.15) is 42.7 Å². The van der Waals surface area contributed by atoms with Gasteiger partial charge in [-0.05, 0) is 37.0 Å².